The van der Waals surface area contributed by atoms with Crippen molar-refractivity contribution in [1.82, 2.24) is 10.6 Å². The van der Waals surface area contributed by atoms with E-state index in [1.807, 2.05) is 0 Å². The first-order chi connectivity index (χ1) is 9.46. The molecule has 0 bridgehead atoms. The van der Waals surface area contributed by atoms with E-state index in [1.165, 1.54) is 6.92 Å². The highest BCUT2D eigenvalue weighted by molar-refractivity contribution is 5.87. The van der Waals surface area contributed by atoms with E-state index in [9.17, 15) is 19.5 Å². The van der Waals surface area contributed by atoms with Gasteiger partial charge in [0.2, 0.25) is 11.8 Å². The maximum absolute atomic E-state index is 11.8. The largest absolute Gasteiger partial charge is 0.480 e. The van der Waals surface area contributed by atoms with E-state index in [1.54, 1.807) is 0 Å². The van der Waals surface area contributed by atoms with Crippen molar-refractivity contribution in [3.8, 4) is 0 Å². The van der Waals surface area contributed by atoms with E-state index >= 15 is 0 Å². The van der Waals surface area contributed by atoms with E-state index in [4.69, 9.17) is 0 Å². The van der Waals surface area contributed by atoms with Crippen LogP contribution in [0.2, 0.25) is 0 Å². The van der Waals surface area contributed by atoms with Gasteiger partial charge in [0.1, 0.15) is 5.54 Å². The Hall–Kier alpha value is -1.59. The average Bonchev–Trinajstić information content (AvgIpc) is 2.83. The van der Waals surface area contributed by atoms with Crippen molar-refractivity contribution in [2.75, 3.05) is 6.54 Å². The van der Waals surface area contributed by atoms with Gasteiger partial charge in [0.05, 0.1) is 0 Å². The van der Waals surface area contributed by atoms with Gasteiger partial charge in [0.15, 0.2) is 0 Å². The summed E-state index contributed by atoms with van der Waals surface area (Å²) in [7, 11) is 0. The van der Waals surface area contributed by atoms with Gasteiger partial charge in [-0.15, -0.1) is 0 Å². The number of amides is 2. The average molecular weight is 284 g/mol. The number of rotatable bonds is 8. The van der Waals surface area contributed by atoms with Gasteiger partial charge >= 0.3 is 5.97 Å². The summed E-state index contributed by atoms with van der Waals surface area (Å²) in [5.41, 5.74) is -1.03. The zero-order valence-corrected chi connectivity index (χ0v) is 12.0. The van der Waals surface area contributed by atoms with Crippen molar-refractivity contribution in [1.29, 1.82) is 0 Å². The normalized spacial score (nSPS) is 16.6. The van der Waals surface area contributed by atoms with Crippen molar-refractivity contribution >= 4 is 17.8 Å². The van der Waals surface area contributed by atoms with Crippen LogP contribution < -0.4 is 10.6 Å². The molecule has 0 aliphatic heterocycles. The Morgan fingerprint density at radius 1 is 1.10 bits per heavy atom. The fourth-order valence-corrected chi connectivity index (χ4v) is 2.55. The molecule has 0 aromatic rings. The minimum atomic E-state index is -1.03. The third-order valence-electron chi connectivity index (χ3n) is 3.70. The Bertz CT molecular complexity index is 362. The number of hydrogen-bond donors (Lipinski definition) is 3. The van der Waals surface area contributed by atoms with E-state index in [0.29, 0.717) is 32.2 Å². The SMILES string of the molecule is CC(=O)NCCCCCC(=O)NC1(C(=O)O)CCCC1. The topological polar surface area (TPSA) is 95.5 Å². The van der Waals surface area contributed by atoms with Crippen molar-refractivity contribution in [3.05, 3.63) is 0 Å². The lowest BCUT2D eigenvalue weighted by Crippen LogP contribution is -2.52. The molecule has 20 heavy (non-hydrogen) atoms. The highest BCUT2D eigenvalue weighted by Gasteiger charge is 2.42. The van der Waals surface area contributed by atoms with Crippen LogP contribution in [0.1, 0.15) is 58.3 Å². The van der Waals surface area contributed by atoms with Gasteiger partial charge in [0.25, 0.3) is 0 Å². The number of carbonyl (C=O) groups excluding carboxylic acids is 2. The Morgan fingerprint density at radius 2 is 1.75 bits per heavy atom. The Labute approximate surface area is 119 Å². The maximum Gasteiger partial charge on any atom is 0.329 e. The second-order valence-electron chi connectivity index (χ2n) is 5.44. The lowest BCUT2D eigenvalue weighted by Gasteiger charge is -2.25. The smallest absolute Gasteiger partial charge is 0.329 e. The summed E-state index contributed by atoms with van der Waals surface area (Å²) in [4.78, 5) is 33.7. The Morgan fingerprint density at radius 3 is 2.30 bits per heavy atom. The lowest BCUT2D eigenvalue weighted by atomic mass is 9.97. The van der Waals surface area contributed by atoms with Crippen LogP contribution >= 0.6 is 0 Å². The first-order valence-corrected chi connectivity index (χ1v) is 7.25. The van der Waals surface area contributed by atoms with Crippen molar-refractivity contribution < 1.29 is 19.5 Å². The zero-order chi connectivity index (χ0) is 15.0. The fraction of sp³-hybridized carbons (Fsp3) is 0.786. The standard InChI is InChI=1S/C14H24N2O4/c1-11(17)15-10-6-2-3-7-12(18)16-14(13(19)20)8-4-5-9-14/h2-10H2,1H3,(H,15,17)(H,16,18)(H,19,20). The van der Waals surface area contributed by atoms with E-state index in [0.717, 1.165) is 25.7 Å². The second kappa shape index (κ2) is 7.87. The number of aliphatic carboxylic acids is 1. The van der Waals surface area contributed by atoms with Crippen LogP contribution in [0.5, 0.6) is 0 Å². The third-order valence-corrected chi connectivity index (χ3v) is 3.70. The summed E-state index contributed by atoms with van der Waals surface area (Å²) in [6.07, 6.45) is 5.47. The second-order valence-corrected chi connectivity index (χ2v) is 5.44. The Kier molecular flexibility index (Phi) is 6.48. The van der Waals surface area contributed by atoms with Gasteiger partial charge in [-0.2, -0.15) is 0 Å². The number of nitrogens with one attached hydrogen (secondary N) is 2. The van der Waals surface area contributed by atoms with E-state index in [2.05, 4.69) is 10.6 Å². The molecule has 6 heteroatoms. The molecule has 1 rings (SSSR count). The summed E-state index contributed by atoms with van der Waals surface area (Å²) < 4.78 is 0. The molecule has 2 amide bonds. The minimum Gasteiger partial charge on any atom is -0.480 e. The van der Waals surface area contributed by atoms with Crippen molar-refractivity contribution in [3.63, 3.8) is 0 Å². The third kappa shape index (κ3) is 5.19. The Balaban J connectivity index is 2.19. The van der Waals surface area contributed by atoms with Gasteiger partial charge in [-0.05, 0) is 25.7 Å². The van der Waals surface area contributed by atoms with Gasteiger partial charge in [0, 0.05) is 19.9 Å². The molecular weight excluding hydrogens is 260 g/mol. The predicted octanol–water partition coefficient (Wildman–Crippen LogP) is 1.20. The molecule has 6 nitrogen and oxygen atoms in total. The van der Waals surface area contributed by atoms with Gasteiger partial charge in [-0.1, -0.05) is 19.3 Å². The summed E-state index contributed by atoms with van der Waals surface area (Å²) in [5, 5.41) is 14.6. The molecule has 0 aromatic carbocycles. The molecule has 0 aromatic heterocycles. The lowest BCUT2D eigenvalue weighted by molar-refractivity contribution is -0.147. The molecule has 3 N–H and O–H groups in total. The van der Waals surface area contributed by atoms with Crippen LogP contribution in [0.3, 0.4) is 0 Å². The summed E-state index contributed by atoms with van der Waals surface area (Å²) in [6.45, 7) is 2.09. The van der Waals surface area contributed by atoms with E-state index in [-0.39, 0.29) is 11.8 Å². The fourth-order valence-electron chi connectivity index (χ4n) is 2.55. The molecule has 0 unspecified atom stereocenters. The molecule has 0 saturated heterocycles. The highest BCUT2D eigenvalue weighted by Crippen LogP contribution is 2.30. The molecular formula is C14H24N2O4. The van der Waals surface area contributed by atoms with Gasteiger partial charge < -0.3 is 15.7 Å². The number of hydrogen-bond acceptors (Lipinski definition) is 3. The monoisotopic (exact) mass is 284 g/mol. The minimum absolute atomic E-state index is 0.0487. The number of unbranched alkanes of at least 4 members (excludes halogenated alkanes) is 2. The van der Waals surface area contributed by atoms with Crippen LogP contribution in [0.4, 0.5) is 0 Å². The first-order valence-electron chi connectivity index (χ1n) is 7.25. The summed E-state index contributed by atoms with van der Waals surface area (Å²) in [5.74, 6) is -1.16. The molecule has 0 atom stereocenters. The van der Waals surface area contributed by atoms with Crippen LogP contribution in [0.15, 0.2) is 0 Å². The quantitative estimate of drug-likeness (QED) is 0.583. The summed E-state index contributed by atoms with van der Waals surface area (Å²) >= 11 is 0. The van der Waals surface area contributed by atoms with Crippen molar-refractivity contribution in [2.45, 2.75) is 63.8 Å². The van der Waals surface area contributed by atoms with Gasteiger partial charge in [-0.25, -0.2) is 4.79 Å². The zero-order valence-electron chi connectivity index (χ0n) is 12.0. The molecule has 1 saturated carbocycles. The predicted molar refractivity (Wildman–Crippen MR) is 74.1 cm³/mol. The maximum atomic E-state index is 11.8. The number of carboxylic acids is 1. The van der Waals surface area contributed by atoms with Crippen LogP contribution in [-0.2, 0) is 14.4 Å². The molecule has 1 aliphatic rings. The molecule has 1 aliphatic carbocycles. The molecule has 0 heterocycles. The van der Waals surface area contributed by atoms with Crippen LogP contribution in [-0.4, -0.2) is 35.0 Å². The molecule has 0 radical (unpaired) electrons. The van der Waals surface area contributed by atoms with Gasteiger partial charge in [-0.3, -0.25) is 9.59 Å². The molecule has 114 valence electrons. The highest BCUT2D eigenvalue weighted by atomic mass is 16.4. The van der Waals surface area contributed by atoms with Crippen LogP contribution in [0.25, 0.3) is 0 Å². The van der Waals surface area contributed by atoms with Crippen molar-refractivity contribution in [2.24, 2.45) is 0 Å². The first kappa shape index (κ1) is 16.5. The molecule has 0 spiro atoms. The molecule has 1 fully saturated rings. The van der Waals surface area contributed by atoms with E-state index < -0.39 is 11.5 Å². The summed E-state index contributed by atoms with van der Waals surface area (Å²) in [6, 6.07) is 0. The number of carboxylic acid groups (broad SMARTS) is 1. The van der Waals surface area contributed by atoms with Crippen LogP contribution in [0, 0.1) is 0 Å². The number of carbonyl (C=O) groups is 3.